The first-order valence-corrected chi connectivity index (χ1v) is 5.65. The van der Waals surface area contributed by atoms with Crippen molar-refractivity contribution in [2.75, 3.05) is 0 Å². The minimum absolute atomic E-state index is 0.0993. The lowest BCUT2D eigenvalue weighted by molar-refractivity contribution is -0.159. The number of ether oxygens (including phenoxy) is 1. The molecule has 0 saturated heterocycles. The van der Waals surface area contributed by atoms with Crippen molar-refractivity contribution in [2.45, 2.75) is 52.2 Å². The Balaban J connectivity index is 2.10. The molecule has 0 aliphatic heterocycles. The zero-order chi connectivity index (χ0) is 11.4. The predicted molar refractivity (Wildman–Crippen MR) is 56.2 cm³/mol. The molecule has 1 N–H and O–H groups in total. The number of esters is 1. The summed E-state index contributed by atoms with van der Waals surface area (Å²) < 4.78 is 5.36. The van der Waals surface area contributed by atoms with Crippen molar-refractivity contribution in [3.05, 3.63) is 0 Å². The fourth-order valence-electron chi connectivity index (χ4n) is 3.29. The molecule has 0 radical (unpaired) electrons. The second-order valence-electron chi connectivity index (χ2n) is 5.87. The van der Waals surface area contributed by atoms with Gasteiger partial charge in [0.15, 0.2) is 0 Å². The number of fused-ring (bicyclic) bond motifs is 1. The molecular formula is C12H20O3. The van der Waals surface area contributed by atoms with E-state index in [4.69, 9.17) is 4.74 Å². The first kappa shape index (κ1) is 10.9. The molecular weight excluding hydrogens is 192 g/mol. The van der Waals surface area contributed by atoms with Crippen molar-refractivity contribution in [3.8, 4) is 0 Å². The van der Waals surface area contributed by atoms with Gasteiger partial charge in [0, 0.05) is 12.8 Å². The standard InChI is InChI=1S/C12H20O3/c1-7(13)15-11(2,3)8-5-10(14)12(4)6-9(8)12/h8-10,14H,5-6H2,1-4H3/t8-,9?,10-,12+/m1/s1. The number of hydrogen-bond donors (Lipinski definition) is 1. The molecule has 2 saturated carbocycles. The molecule has 4 atom stereocenters. The first-order valence-electron chi connectivity index (χ1n) is 5.65. The fraction of sp³-hybridized carbons (Fsp3) is 0.917. The van der Waals surface area contributed by atoms with Crippen LogP contribution in [0.25, 0.3) is 0 Å². The fourth-order valence-corrected chi connectivity index (χ4v) is 3.29. The highest BCUT2D eigenvalue weighted by molar-refractivity contribution is 5.66. The Bertz CT molecular complexity index is 297. The summed E-state index contributed by atoms with van der Waals surface area (Å²) in [6.45, 7) is 7.48. The van der Waals surface area contributed by atoms with Crippen LogP contribution in [0.4, 0.5) is 0 Å². The van der Waals surface area contributed by atoms with Crippen molar-refractivity contribution in [3.63, 3.8) is 0 Å². The van der Waals surface area contributed by atoms with Gasteiger partial charge in [0.05, 0.1) is 6.10 Å². The maximum atomic E-state index is 11.0. The lowest BCUT2D eigenvalue weighted by Gasteiger charge is -2.32. The van der Waals surface area contributed by atoms with Crippen LogP contribution in [0.1, 0.15) is 40.5 Å². The SMILES string of the molecule is CC(=O)OC(C)(C)[C@@H]1C[C@@H](O)[C@@]2(C)CC12. The zero-order valence-corrected chi connectivity index (χ0v) is 9.91. The molecule has 0 aromatic heterocycles. The summed E-state index contributed by atoms with van der Waals surface area (Å²) in [6, 6.07) is 0. The molecule has 3 nitrogen and oxygen atoms in total. The highest BCUT2D eigenvalue weighted by Crippen LogP contribution is 2.68. The van der Waals surface area contributed by atoms with E-state index in [1.165, 1.54) is 6.92 Å². The lowest BCUT2D eigenvalue weighted by Crippen LogP contribution is -2.37. The van der Waals surface area contributed by atoms with E-state index in [1.54, 1.807) is 0 Å². The minimum atomic E-state index is -0.439. The summed E-state index contributed by atoms with van der Waals surface area (Å²) in [5, 5.41) is 9.93. The van der Waals surface area contributed by atoms with E-state index in [2.05, 4.69) is 6.92 Å². The maximum Gasteiger partial charge on any atom is 0.303 e. The molecule has 0 spiro atoms. The summed E-state index contributed by atoms with van der Waals surface area (Å²) in [4.78, 5) is 11.0. The molecule has 2 rings (SSSR count). The Kier molecular flexibility index (Phi) is 2.16. The summed E-state index contributed by atoms with van der Waals surface area (Å²) in [5.74, 6) is 0.604. The van der Waals surface area contributed by atoms with Crippen molar-refractivity contribution in [2.24, 2.45) is 17.3 Å². The molecule has 2 fully saturated rings. The summed E-state index contributed by atoms with van der Waals surface area (Å²) in [6.07, 6.45) is 1.62. The molecule has 0 bridgehead atoms. The Morgan fingerprint density at radius 3 is 2.47 bits per heavy atom. The van der Waals surface area contributed by atoms with Crippen LogP contribution in [0.3, 0.4) is 0 Å². The molecule has 3 heteroatoms. The average Bonchev–Trinajstić information content (AvgIpc) is 2.65. The lowest BCUT2D eigenvalue weighted by atomic mass is 9.86. The zero-order valence-electron chi connectivity index (χ0n) is 9.91. The van der Waals surface area contributed by atoms with Crippen LogP contribution >= 0.6 is 0 Å². The maximum absolute atomic E-state index is 11.0. The molecule has 0 amide bonds. The largest absolute Gasteiger partial charge is 0.460 e. The van der Waals surface area contributed by atoms with Crippen molar-refractivity contribution in [1.29, 1.82) is 0 Å². The normalized spacial score (nSPS) is 43.7. The predicted octanol–water partition coefficient (Wildman–Crippen LogP) is 1.74. The van der Waals surface area contributed by atoms with Gasteiger partial charge in [-0.1, -0.05) is 6.92 Å². The van der Waals surface area contributed by atoms with E-state index in [0.29, 0.717) is 11.8 Å². The molecule has 2 aliphatic rings. The van der Waals surface area contributed by atoms with E-state index in [9.17, 15) is 9.90 Å². The second kappa shape index (κ2) is 2.97. The van der Waals surface area contributed by atoms with Gasteiger partial charge in [-0.3, -0.25) is 4.79 Å². The van der Waals surface area contributed by atoms with Crippen molar-refractivity contribution >= 4 is 5.97 Å². The Morgan fingerprint density at radius 2 is 2.13 bits per heavy atom. The van der Waals surface area contributed by atoms with E-state index in [-0.39, 0.29) is 17.5 Å². The van der Waals surface area contributed by atoms with E-state index < -0.39 is 5.60 Å². The Morgan fingerprint density at radius 1 is 1.53 bits per heavy atom. The summed E-state index contributed by atoms with van der Waals surface area (Å²) >= 11 is 0. The van der Waals surface area contributed by atoms with Crippen LogP contribution in [0, 0.1) is 17.3 Å². The molecule has 2 aliphatic carbocycles. The third-order valence-electron chi connectivity index (χ3n) is 4.37. The van der Waals surface area contributed by atoms with Crippen LogP contribution in [0.15, 0.2) is 0 Å². The van der Waals surface area contributed by atoms with Crippen LogP contribution < -0.4 is 0 Å². The number of hydrogen-bond acceptors (Lipinski definition) is 3. The molecule has 15 heavy (non-hydrogen) atoms. The molecule has 86 valence electrons. The van der Waals surface area contributed by atoms with Gasteiger partial charge < -0.3 is 9.84 Å². The van der Waals surface area contributed by atoms with Crippen molar-refractivity contribution in [1.82, 2.24) is 0 Å². The van der Waals surface area contributed by atoms with Gasteiger partial charge in [-0.15, -0.1) is 0 Å². The van der Waals surface area contributed by atoms with Gasteiger partial charge in [-0.2, -0.15) is 0 Å². The number of aliphatic hydroxyl groups excluding tert-OH is 1. The Hall–Kier alpha value is -0.570. The van der Waals surface area contributed by atoms with E-state index in [0.717, 1.165) is 12.8 Å². The molecule has 0 aromatic carbocycles. The van der Waals surface area contributed by atoms with Gasteiger partial charge in [0.2, 0.25) is 0 Å². The molecule has 0 heterocycles. The summed E-state index contributed by atoms with van der Waals surface area (Å²) in [7, 11) is 0. The van der Waals surface area contributed by atoms with Crippen LogP contribution in [-0.4, -0.2) is 22.8 Å². The number of aliphatic hydroxyl groups is 1. The van der Waals surface area contributed by atoms with Gasteiger partial charge in [0.25, 0.3) is 0 Å². The molecule has 0 aromatic rings. The molecule has 1 unspecified atom stereocenters. The summed E-state index contributed by atoms with van der Waals surface area (Å²) in [5.41, 5.74) is -0.339. The van der Waals surface area contributed by atoms with E-state index >= 15 is 0 Å². The van der Waals surface area contributed by atoms with Crippen LogP contribution in [0.5, 0.6) is 0 Å². The second-order valence-corrected chi connectivity index (χ2v) is 5.87. The van der Waals surface area contributed by atoms with Gasteiger partial charge in [-0.05, 0) is 38.0 Å². The number of carbonyl (C=O) groups excluding carboxylic acids is 1. The average molecular weight is 212 g/mol. The third-order valence-corrected chi connectivity index (χ3v) is 4.37. The van der Waals surface area contributed by atoms with Crippen LogP contribution in [-0.2, 0) is 9.53 Å². The Labute approximate surface area is 90.8 Å². The monoisotopic (exact) mass is 212 g/mol. The van der Waals surface area contributed by atoms with Crippen LogP contribution in [0.2, 0.25) is 0 Å². The van der Waals surface area contributed by atoms with Crippen molar-refractivity contribution < 1.29 is 14.6 Å². The number of carbonyl (C=O) groups is 1. The number of rotatable bonds is 2. The third kappa shape index (κ3) is 1.57. The smallest absolute Gasteiger partial charge is 0.303 e. The van der Waals surface area contributed by atoms with Gasteiger partial charge in [-0.25, -0.2) is 0 Å². The highest BCUT2D eigenvalue weighted by Gasteiger charge is 2.66. The minimum Gasteiger partial charge on any atom is -0.460 e. The highest BCUT2D eigenvalue weighted by atomic mass is 16.6. The van der Waals surface area contributed by atoms with E-state index in [1.807, 2.05) is 13.8 Å². The first-order chi connectivity index (χ1) is 6.77. The topological polar surface area (TPSA) is 46.5 Å². The van der Waals surface area contributed by atoms with Gasteiger partial charge >= 0.3 is 5.97 Å². The van der Waals surface area contributed by atoms with Gasteiger partial charge in [0.1, 0.15) is 5.60 Å². The quantitative estimate of drug-likeness (QED) is 0.709.